The lowest BCUT2D eigenvalue weighted by Crippen LogP contribution is -2.04. The third-order valence-electron chi connectivity index (χ3n) is 5.32. The molecular formula is C25H24N2O. The molecule has 4 aromatic rings. The number of hydrogen-bond donors (Lipinski definition) is 0. The van der Waals surface area contributed by atoms with Crippen molar-refractivity contribution in [3.8, 4) is 11.4 Å². The molecule has 3 heteroatoms. The Bertz CT molecular complexity index is 1010. The Labute approximate surface area is 165 Å². The summed E-state index contributed by atoms with van der Waals surface area (Å²) in [5.74, 6) is 0.0417. The molecule has 0 spiro atoms. The molecule has 2 heterocycles. The lowest BCUT2D eigenvalue weighted by Gasteiger charge is -2.11. The second-order valence-corrected chi connectivity index (χ2v) is 7.33. The summed E-state index contributed by atoms with van der Waals surface area (Å²) in [5.41, 5.74) is 8.28. The number of rotatable bonds is 4. The van der Waals surface area contributed by atoms with Crippen molar-refractivity contribution >= 4 is 5.78 Å². The van der Waals surface area contributed by atoms with Crippen LogP contribution in [0.1, 0.15) is 38.7 Å². The van der Waals surface area contributed by atoms with Crippen molar-refractivity contribution in [2.45, 2.75) is 27.7 Å². The number of hydrogen-bond acceptors (Lipinski definition) is 1. The molecule has 0 aliphatic rings. The van der Waals surface area contributed by atoms with Gasteiger partial charge in [-0.25, -0.2) is 0 Å². The van der Waals surface area contributed by atoms with Gasteiger partial charge in [-0.3, -0.25) is 4.79 Å². The van der Waals surface area contributed by atoms with Crippen LogP contribution in [0.4, 0.5) is 0 Å². The highest BCUT2D eigenvalue weighted by molar-refractivity contribution is 6.09. The predicted octanol–water partition coefficient (Wildman–Crippen LogP) is 5.73. The van der Waals surface area contributed by atoms with Gasteiger partial charge in [0.25, 0.3) is 0 Å². The molecule has 4 rings (SSSR count). The normalized spacial score (nSPS) is 11.0. The second kappa shape index (κ2) is 7.01. The van der Waals surface area contributed by atoms with Crippen LogP contribution in [0.5, 0.6) is 0 Å². The van der Waals surface area contributed by atoms with Crippen LogP contribution in [-0.4, -0.2) is 14.9 Å². The maximum absolute atomic E-state index is 12.9. The molecule has 0 radical (unpaired) electrons. The van der Waals surface area contributed by atoms with Crippen molar-refractivity contribution in [1.29, 1.82) is 0 Å². The van der Waals surface area contributed by atoms with Gasteiger partial charge in [-0.2, -0.15) is 0 Å². The zero-order chi connectivity index (χ0) is 19.8. The summed E-state index contributed by atoms with van der Waals surface area (Å²) in [5, 5.41) is 0. The number of carbonyl (C=O) groups is 1. The van der Waals surface area contributed by atoms with Gasteiger partial charge in [0, 0.05) is 45.3 Å². The van der Waals surface area contributed by atoms with Gasteiger partial charge in [0.1, 0.15) is 0 Å². The van der Waals surface area contributed by atoms with Gasteiger partial charge >= 0.3 is 0 Å². The van der Waals surface area contributed by atoms with E-state index in [-0.39, 0.29) is 5.78 Å². The van der Waals surface area contributed by atoms with E-state index >= 15 is 0 Å². The van der Waals surface area contributed by atoms with E-state index < -0.39 is 0 Å². The van der Waals surface area contributed by atoms with E-state index in [1.165, 1.54) is 22.8 Å². The van der Waals surface area contributed by atoms with Crippen LogP contribution in [-0.2, 0) is 0 Å². The fourth-order valence-corrected chi connectivity index (χ4v) is 3.84. The molecular weight excluding hydrogens is 344 g/mol. The van der Waals surface area contributed by atoms with Crippen LogP contribution < -0.4 is 0 Å². The molecule has 0 saturated heterocycles. The third kappa shape index (κ3) is 3.09. The van der Waals surface area contributed by atoms with E-state index in [1.54, 1.807) is 0 Å². The topological polar surface area (TPSA) is 26.9 Å². The summed E-state index contributed by atoms with van der Waals surface area (Å²) in [6, 6.07) is 24.1. The zero-order valence-electron chi connectivity index (χ0n) is 16.7. The first-order valence-electron chi connectivity index (χ1n) is 9.51. The Morgan fingerprint density at radius 3 is 1.07 bits per heavy atom. The van der Waals surface area contributed by atoms with Gasteiger partial charge in [-0.1, -0.05) is 0 Å². The van der Waals surface area contributed by atoms with Crippen LogP contribution in [0.25, 0.3) is 11.4 Å². The van der Waals surface area contributed by atoms with Crippen LogP contribution in [0.3, 0.4) is 0 Å². The summed E-state index contributed by atoms with van der Waals surface area (Å²) in [7, 11) is 0. The highest BCUT2D eigenvalue weighted by Crippen LogP contribution is 2.20. The fourth-order valence-electron chi connectivity index (χ4n) is 3.84. The molecule has 0 fully saturated rings. The third-order valence-corrected chi connectivity index (χ3v) is 5.32. The molecule has 0 atom stereocenters. The number of carbonyl (C=O) groups excluding carboxylic acids is 1. The average molecular weight is 368 g/mol. The van der Waals surface area contributed by atoms with Crippen molar-refractivity contribution < 1.29 is 4.79 Å². The number of ketones is 1. The van der Waals surface area contributed by atoms with Crippen LogP contribution in [0, 0.1) is 27.7 Å². The van der Waals surface area contributed by atoms with Crippen LogP contribution in [0.15, 0.2) is 72.8 Å². The first-order valence-corrected chi connectivity index (χ1v) is 9.51. The number of aryl methyl sites for hydroxylation is 4. The van der Waals surface area contributed by atoms with Crippen molar-refractivity contribution in [1.82, 2.24) is 9.13 Å². The van der Waals surface area contributed by atoms with Gasteiger partial charge in [0.2, 0.25) is 0 Å². The van der Waals surface area contributed by atoms with Gasteiger partial charge in [-0.05, 0) is 100 Å². The standard InChI is InChI=1S/C25H24N2O/c1-17-5-6-18(2)26(17)23-13-9-21(10-14-23)25(28)22-11-15-24(16-12-22)27-19(3)7-8-20(27)4/h5-16H,1-4H3. The molecule has 28 heavy (non-hydrogen) atoms. The monoisotopic (exact) mass is 368 g/mol. The van der Waals surface area contributed by atoms with Crippen LogP contribution >= 0.6 is 0 Å². The minimum Gasteiger partial charge on any atom is -0.319 e. The Kier molecular flexibility index (Phi) is 4.52. The summed E-state index contributed by atoms with van der Waals surface area (Å²) in [4.78, 5) is 12.9. The minimum absolute atomic E-state index is 0.0417. The smallest absolute Gasteiger partial charge is 0.193 e. The van der Waals surface area contributed by atoms with Gasteiger partial charge in [-0.15, -0.1) is 0 Å². The summed E-state index contributed by atoms with van der Waals surface area (Å²) < 4.78 is 4.37. The molecule has 0 unspecified atom stereocenters. The van der Waals surface area contributed by atoms with Crippen molar-refractivity contribution in [3.05, 3.63) is 107 Å². The van der Waals surface area contributed by atoms with Crippen molar-refractivity contribution in [2.24, 2.45) is 0 Å². The number of benzene rings is 2. The Balaban J connectivity index is 1.60. The number of nitrogens with zero attached hydrogens (tertiary/aromatic N) is 2. The highest BCUT2D eigenvalue weighted by atomic mass is 16.1. The van der Waals surface area contributed by atoms with Gasteiger partial charge in [0.05, 0.1) is 0 Å². The molecule has 3 nitrogen and oxygen atoms in total. The van der Waals surface area contributed by atoms with E-state index in [0.717, 1.165) is 11.4 Å². The molecule has 0 aliphatic heterocycles. The predicted molar refractivity (Wildman–Crippen MR) is 114 cm³/mol. The van der Waals surface area contributed by atoms with E-state index in [9.17, 15) is 4.79 Å². The molecule has 0 amide bonds. The van der Waals surface area contributed by atoms with E-state index in [0.29, 0.717) is 11.1 Å². The maximum atomic E-state index is 12.9. The van der Waals surface area contributed by atoms with E-state index in [2.05, 4.69) is 61.1 Å². The molecule has 0 saturated carbocycles. The van der Waals surface area contributed by atoms with Gasteiger partial charge in [0.15, 0.2) is 5.78 Å². The lowest BCUT2D eigenvalue weighted by atomic mass is 10.0. The molecule has 0 bridgehead atoms. The average Bonchev–Trinajstić information content (AvgIpc) is 3.22. The molecule has 0 N–H and O–H groups in total. The highest BCUT2D eigenvalue weighted by Gasteiger charge is 2.11. The zero-order valence-corrected chi connectivity index (χ0v) is 16.7. The van der Waals surface area contributed by atoms with Crippen LogP contribution in [0.2, 0.25) is 0 Å². The van der Waals surface area contributed by atoms with E-state index in [4.69, 9.17) is 0 Å². The molecule has 2 aromatic carbocycles. The summed E-state index contributed by atoms with van der Waals surface area (Å²) in [6.07, 6.45) is 0. The maximum Gasteiger partial charge on any atom is 0.193 e. The largest absolute Gasteiger partial charge is 0.319 e. The summed E-state index contributed by atoms with van der Waals surface area (Å²) in [6.45, 7) is 8.34. The van der Waals surface area contributed by atoms with Crippen molar-refractivity contribution in [2.75, 3.05) is 0 Å². The quantitative estimate of drug-likeness (QED) is 0.422. The Morgan fingerprint density at radius 2 is 0.786 bits per heavy atom. The first-order chi connectivity index (χ1) is 13.5. The number of aromatic nitrogens is 2. The molecule has 140 valence electrons. The fraction of sp³-hybridized carbons (Fsp3) is 0.160. The Hall–Kier alpha value is -3.33. The SMILES string of the molecule is Cc1ccc(C)n1-c1ccc(C(=O)c2ccc(-n3c(C)ccc3C)cc2)cc1. The van der Waals surface area contributed by atoms with E-state index in [1.807, 2.05) is 48.5 Å². The lowest BCUT2D eigenvalue weighted by molar-refractivity contribution is 0.103. The van der Waals surface area contributed by atoms with Gasteiger partial charge < -0.3 is 9.13 Å². The second-order valence-electron chi connectivity index (χ2n) is 7.33. The first kappa shape index (κ1) is 18.1. The van der Waals surface area contributed by atoms with Crippen molar-refractivity contribution in [3.63, 3.8) is 0 Å². The molecule has 0 aliphatic carbocycles. The Morgan fingerprint density at radius 1 is 0.500 bits per heavy atom. The molecule has 2 aromatic heterocycles. The minimum atomic E-state index is 0.0417. The summed E-state index contributed by atoms with van der Waals surface area (Å²) >= 11 is 0.